The van der Waals surface area contributed by atoms with Gasteiger partial charge >= 0.3 is 0 Å². The van der Waals surface area contributed by atoms with Gasteiger partial charge in [0.15, 0.2) is 5.16 Å². The van der Waals surface area contributed by atoms with E-state index in [0.717, 1.165) is 18.1 Å². The monoisotopic (exact) mass is 272 g/mol. The highest BCUT2D eigenvalue weighted by atomic mass is 35.5. The lowest BCUT2D eigenvalue weighted by atomic mass is 10.4. The van der Waals surface area contributed by atoms with Gasteiger partial charge in [-0.2, -0.15) is 15.0 Å². The van der Waals surface area contributed by atoms with Crippen molar-refractivity contribution in [2.75, 3.05) is 11.9 Å². The minimum atomic E-state index is 0.277. The summed E-state index contributed by atoms with van der Waals surface area (Å²) in [5.74, 6) is 0.590. The Morgan fingerprint density at radius 1 is 1.29 bits per heavy atom. The van der Waals surface area contributed by atoms with Crippen LogP contribution in [0.25, 0.3) is 0 Å². The number of hydrogen-bond donors (Lipinski definition) is 1. The molecule has 17 heavy (non-hydrogen) atoms. The Morgan fingerprint density at radius 2 is 2.06 bits per heavy atom. The van der Waals surface area contributed by atoms with Crippen molar-refractivity contribution < 1.29 is 0 Å². The van der Waals surface area contributed by atoms with Gasteiger partial charge < -0.3 is 5.32 Å². The topological polar surface area (TPSA) is 50.7 Å². The van der Waals surface area contributed by atoms with Gasteiger partial charge in [0.1, 0.15) is 0 Å². The molecule has 0 saturated heterocycles. The number of thioether (sulfide) groups is 1. The largest absolute Gasteiger partial charge is 0.354 e. The molecule has 0 radical (unpaired) electrons. The second-order valence-electron chi connectivity index (χ2n) is 4.16. The Hall–Kier alpha value is -0.550. The normalized spacial score (nSPS) is 16.4. The summed E-state index contributed by atoms with van der Waals surface area (Å²) in [5.41, 5.74) is 0. The zero-order valence-corrected chi connectivity index (χ0v) is 11.5. The third-order valence-electron chi connectivity index (χ3n) is 2.69. The maximum absolute atomic E-state index is 5.90. The molecule has 1 N–H and O–H groups in total. The number of halogens is 1. The summed E-state index contributed by atoms with van der Waals surface area (Å²) in [5, 5.41) is 4.81. The van der Waals surface area contributed by atoms with Gasteiger partial charge in [-0.05, 0) is 30.9 Å². The first-order chi connectivity index (χ1) is 8.28. The molecule has 0 unspecified atom stereocenters. The molecule has 6 heteroatoms. The number of nitrogens with one attached hydrogen (secondary N) is 1. The summed E-state index contributed by atoms with van der Waals surface area (Å²) in [6, 6.07) is 0. The first kappa shape index (κ1) is 12.9. The van der Waals surface area contributed by atoms with Crippen LogP contribution in [0.4, 0.5) is 5.95 Å². The maximum atomic E-state index is 5.90. The van der Waals surface area contributed by atoms with E-state index in [1.807, 2.05) is 0 Å². The lowest BCUT2D eigenvalue weighted by molar-refractivity contribution is 0.855. The highest BCUT2D eigenvalue weighted by Gasteiger charge is 2.18. The molecule has 1 aliphatic rings. The molecule has 0 spiro atoms. The molecule has 1 heterocycles. The lowest BCUT2D eigenvalue weighted by Gasteiger charge is -2.08. The average molecular weight is 273 g/mol. The fourth-order valence-corrected chi connectivity index (χ4v) is 3.21. The van der Waals surface area contributed by atoms with E-state index in [2.05, 4.69) is 27.2 Å². The highest BCUT2D eigenvalue weighted by Crippen LogP contribution is 2.33. The molecule has 0 bridgehead atoms. The van der Waals surface area contributed by atoms with E-state index in [9.17, 15) is 0 Å². The van der Waals surface area contributed by atoms with Crippen molar-refractivity contribution in [1.29, 1.82) is 0 Å². The van der Waals surface area contributed by atoms with Crippen LogP contribution in [0.15, 0.2) is 5.16 Å². The first-order valence-corrected chi connectivity index (χ1v) is 7.36. The van der Waals surface area contributed by atoms with Crippen LogP contribution in [0.5, 0.6) is 0 Å². The Balaban J connectivity index is 2.02. The summed E-state index contributed by atoms with van der Waals surface area (Å²) in [6.45, 7) is 2.96. The van der Waals surface area contributed by atoms with Crippen LogP contribution in [0.3, 0.4) is 0 Å². The summed E-state index contributed by atoms with van der Waals surface area (Å²) < 4.78 is 0. The summed E-state index contributed by atoms with van der Waals surface area (Å²) in [6.07, 6.45) is 6.18. The van der Waals surface area contributed by atoms with Crippen LogP contribution in [0.1, 0.15) is 39.0 Å². The van der Waals surface area contributed by atoms with Gasteiger partial charge in [-0.25, -0.2) is 0 Å². The Morgan fingerprint density at radius 3 is 2.76 bits per heavy atom. The zero-order valence-electron chi connectivity index (χ0n) is 9.95. The molecule has 0 amide bonds. The van der Waals surface area contributed by atoms with Gasteiger partial charge in [-0.1, -0.05) is 31.5 Å². The summed E-state index contributed by atoms with van der Waals surface area (Å²) in [4.78, 5) is 12.6. The minimum Gasteiger partial charge on any atom is -0.354 e. The second kappa shape index (κ2) is 6.40. The van der Waals surface area contributed by atoms with Crippen molar-refractivity contribution in [3.8, 4) is 0 Å². The Kier molecular flexibility index (Phi) is 4.86. The van der Waals surface area contributed by atoms with E-state index in [1.54, 1.807) is 11.8 Å². The van der Waals surface area contributed by atoms with E-state index in [-0.39, 0.29) is 5.28 Å². The predicted molar refractivity (Wildman–Crippen MR) is 71.7 cm³/mol. The van der Waals surface area contributed by atoms with Crippen LogP contribution in [0, 0.1) is 0 Å². The van der Waals surface area contributed by atoms with Crippen LogP contribution >= 0.6 is 23.4 Å². The third kappa shape index (κ3) is 4.00. The van der Waals surface area contributed by atoms with Gasteiger partial charge in [0, 0.05) is 11.8 Å². The predicted octanol–water partition coefficient (Wildman–Crippen LogP) is 3.38. The third-order valence-corrected chi connectivity index (χ3v) is 4.06. The van der Waals surface area contributed by atoms with Crippen molar-refractivity contribution in [3.63, 3.8) is 0 Å². The van der Waals surface area contributed by atoms with Gasteiger partial charge in [0.2, 0.25) is 11.2 Å². The molecule has 4 nitrogen and oxygen atoms in total. The minimum absolute atomic E-state index is 0.277. The van der Waals surface area contributed by atoms with Gasteiger partial charge in [0.25, 0.3) is 0 Å². The molecule has 1 aromatic rings. The van der Waals surface area contributed by atoms with Crippen LogP contribution in [-0.2, 0) is 0 Å². The standard InChI is InChI=1S/C11H17ClN4S/c1-2-7-13-10-14-9(12)15-11(16-10)17-8-5-3-4-6-8/h8H,2-7H2,1H3,(H,13,14,15,16). The fourth-order valence-electron chi connectivity index (χ4n) is 1.86. The lowest BCUT2D eigenvalue weighted by Crippen LogP contribution is -2.07. The zero-order chi connectivity index (χ0) is 12.1. The van der Waals surface area contributed by atoms with E-state index >= 15 is 0 Å². The van der Waals surface area contributed by atoms with Gasteiger partial charge in [0.05, 0.1) is 0 Å². The van der Waals surface area contributed by atoms with E-state index < -0.39 is 0 Å². The van der Waals surface area contributed by atoms with Crippen LogP contribution in [-0.4, -0.2) is 26.7 Å². The molecule has 1 saturated carbocycles. The molecule has 0 aliphatic heterocycles. The van der Waals surface area contributed by atoms with Crippen molar-refractivity contribution in [2.45, 2.75) is 49.4 Å². The molecule has 0 aromatic carbocycles. The molecule has 1 fully saturated rings. The van der Waals surface area contributed by atoms with Crippen molar-refractivity contribution in [2.24, 2.45) is 0 Å². The Bertz CT molecular complexity index is 368. The molecular weight excluding hydrogens is 256 g/mol. The van der Waals surface area contributed by atoms with E-state index in [1.165, 1.54) is 25.7 Å². The number of anilines is 1. The van der Waals surface area contributed by atoms with Crippen LogP contribution in [0.2, 0.25) is 5.28 Å². The Labute approximate surface area is 111 Å². The van der Waals surface area contributed by atoms with Gasteiger partial charge in [-0.15, -0.1) is 0 Å². The molecule has 2 rings (SSSR count). The second-order valence-corrected chi connectivity index (χ2v) is 5.77. The van der Waals surface area contributed by atoms with Gasteiger partial charge in [-0.3, -0.25) is 0 Å². The average Bonchev–Trinajstić information content (AvgIpc) is 2.78. The fraction of sp³-hybridized carbons (Fsp3) is 0.727. The molecule has 94 valence electrons. The SMILES string of the molecule is CCCNc1nc(Cl)nc(SC2CCCC2)n1. The smallest absolute Gasteiger partial charge is 0.228 e. The number of hydrogen-bond acceptors (Lipinski definition) is 5. The molecule has 1 aliphatic carbocycles. The molecule has 0 atom stereocenters. The number of rotatable bonds is 5. The van der Waals surface area contributed by atoms with E-state index in [0.29, 0.717) is 11.2 Å². The van der Waals surface area contributed by atoms with Crippen molar-refractivity contribution in [1.82, 2.24) is 15.0 Å². The number of aromatic nitrogens is 3. The first-order valence-electron chi connectivity index (χ1n) is 6.10. The summed E-state index contributed by atoms with van der Waals surface area (Å²) in [7, 11) is 0. The van der Waals surface area contributed by atoms with Crippen LogP contribution < -0.4 is 5.32 Å². The van der Waals surface area contributed by atoms with E-state index in [4.69, 9.17) is 11.6 Å². The molecular formula is C11H17ClN4S. The number of nitrogens with zero attached hydrogens (tertiary/aromatic N) is 3. The maximum Gasteiger partial charge on any atom is 0.228 e. The quantitative estimate of drug-likeness (QED) is 0.890. The molecule has 1 aromatic heterocycles. The highest BCUT2D eigenvalue weighted by molar-refractivity contribution is 7.99. The van der Waals surface area contributed by atoms with Crippen molar-refractivity contribution >= 4 is 29.3 Å². The van der Waals surface area contributed by atoms with Crippen molar-refractivity contribution in [3.05, 3.63) is 5.28 Å². The summed E-state index contributed by atoms with van der Waals surface area (Å²) >= 11 is 7.63.